The van der Waals surface area contributed by atoms with Crippen molar-refractivity contribution in [1.29, 1.82) is 0 Å². The van der Waals surface area contributed by atoms with E-state index >= 15 is 0 Å². The fourth-order valence-electron chi connectivity index (χ4n) is 1.08. The molecule has 1 saturated carbocycles. The molecule has 0 unspecified atom stereocenters. The second kappa shape index (κ2) is 3.56. The Morgan fingerprint density at radius 3 is 2.70 bits per heavy atom. The SMILES string of the molecule is O=C(O)CNCC1CCC1. The third-order valence-electron chi connectivity index (χ3n) is 1.93. The van der Waals surface area contributed by atoms with Gasteiger partial charge in [0.25, 0.3) is 0 Å². The summed E-state index contributed by atoms with van der Waals surface area (Å²) in [5, 5.41) is 11.1. The summed E-state index contributed by atoms with van der Waals surface area (Å²) in [6.07, 6.45) is 3.86. The summed E-state index contributed by atoms with van der Waals surface area (Å²) < 4.78 is 0. The minimum Gasteiger partial charge on any atom is -0.480 e. The summed E-state index contributed by atoms with van der Waals surface area (Å²) >= 11 is 0. The molecule has 3 heteroatoms. The Morgan fingerprint density at radius 2 is 2.30 bits per heavy atom. The fourth-order valence-corrected chi connectivity index (χ4v) is 1.08. The smallest absolute Gasteiger partial charge is 0.317 e. The van der Waals surface area contributed by atoms with E-state index in [0.29, 0.717) is 0 Å². The maximum Gasteiger partial charge on any atom is 0.317 e. The van der Waals surface area contributed by atoms with E-state index in [-0.39, 0.29) is 6.54 Å². The van der Waals surface area contributed by atoms with Crippen LogP contribution in [0.15, 0.2) is 0 Å². The average Bonchev–Trinajstić information content (AvgIpc) is 1.75. The van der Waals surface area contributed by atoms with Crippen molar-refractivity contribution in [3.63, 3.8) is 0 Å². The Morgan fingerprint density at radius 1 is 1.60 bits per heavy atom. The first-order valence-electron chi connectivity index (χ1n) is 3.71. The normalized spacial score (nSPS) is 18.4. The number of hydrogen-bond donors (Lipinski definition) is 2. The van der Waals surface area contributed by atoms with Crippen LogP contribution in [0.2, 0.25) is 0 Å². The largest absolute Gasteiger partial charge is 0.480 e. The molecule has 0 aromatic heterocycles. The van der Waals surface area contributed by atoms with Crippen LogP contribution in [0.25, 0.3) is 0 Å². The highest BCUT2D eigenvalue weighted by atomic mass is 16.4. The molecule has 1 fully saturated rings. The van der Waals surface area contributed by atoms with Gasteiger partial charge in [0, 0.05) is 0 Å². The average molecular weight is 143 g/mol. The number of nitrogens with one attached hydrogen (secondary N) is 1. The van der Waals surface area contributed by atoms with E-state index in [1.54, 1.807) is 0 Å². The molecule has 0 bridgehead atoms. The highest BCUT2D eigenvalue weighted by Crippen LogP contribution is 2.24. The number of carboxylic acids is 1. The molecule has 3 nitrogen and oxygen atoms in total. The van der Waals surface area contributed by atoms with Crippen molar-refractivity contribution in [2.24, 2.45) is 5.92 Å². The summed E-state index contributed by atoms with van der Waals surface area (Å²) in [6.45, 7) is 0.989. The summed E-state index contributed by atoms with van der Waals surface area (Å²) in [5.41, 5.74) is 0. The van der Waals surface area contributed by atoms with Crippen molar-refractivity contribution < 1.29 is 9.90 Å². The number of carboxylic acid groups (broad SMARTS) is 1. The Labute approximate surface area is 60.4 Å². The lowest BCUT2D eigenvalue weighted by Crippen LogP contribution is -2.31. The fraction of sp³-hybridized carbons (Fsp3) is 0.857. The number of rotatable bonds is 4. The first-order valence-corrected chi connectivity index (χ1v) is 3.71. The molecular formula is C7H13NO2. The van der Waals surface area contributed by atoms with Gasteiger partial charge in [-0.05, 0) is 25.3 Å². The van der Waals surface area contributed by atoms with Gasteiger partial charge in [-0.2, -0.15) is 0 Å². The highest BCUT2D eigenvalue weighted by Gasteiger charge is 2.16. The molecule has 0 heterocycles. The third-order valence-corrected chi connectivity index (χ3v) is 1.93. The van der Waals surface area contributed by atoms with Gasteiger partial charge in [-0.3, -0.25) is 4.79 Å². The van der Waals surface area contributed by atoms with Crippen molar-refractivity contribution in [2.75, 3.05) is 13.1 Å². The van der Waals surface area contributed by atoms with Gasteiger partial charge in [0.05, 0.1) is 6.54 Å². The van der Waals surface area contributed by atoms with Gasteiger partial charge in [0.1, 0.15) is 0 Å². The molecule has 2 N–H and O–H groups in total. The van der Waals surface area contributed by atoms with Gasteiger partial charge in [0.15, 0.2) is 0 Å². The van der Waals surface area contributed by atoms with Crippen LogP contribution in [-0.2, 0) is 4.79 Å². The predicted octanol–water partition coefficient (Wildman–Crippen LogP) is 0.461. The zero-order valence-electron chi connectivity index (χ0n) is 5.97. The van der Waals surface area contributed by atoms with E-state index in [1.807, 2.05) is 0 Å². The Kier molecular flexibility index (Phi) is 2.68. The molecule has 10 heavy (non-hydrogen) atoms. The lowest BCUT2D eigenvalue weighted by Gasteiger charge is -2.24. The second-order valence-electron chi connectivity index (χ2n) is 2.82. The topological polar surface area (TPSA) is 49.3 Å². The van der Waals surface area contributed by atoms with E-state index in [1.165, 1.54) is 19.3 Å². The quantitative estimate of drug-likeness (QED) is 0.601. The van der Waals surface area contributed by atoms with E-state index in [0.717, 1.165) is 12.5 Å². The van der Waals surface area contributed by atoms with Crippen LogP contribution < -0.4 is 5.32 Å². The Hall–Kier alpha value is -0.570. The third kappa shape index (κ3) is 2.35. The highest BCUT2D eigenvalue weighted by molar-refractivity contribution is 5.68. The minimum atomic E-state index is -0.765. The molecule has 0 aromatic rings. The first-order chi connectivity index (χ1) is 4.79. The van der Waals surface area contributed by atoms with Crippen LogP contribution in [0, 0.1) is 5.92 Å². The zero-order chi connectivity index (χ0) is 7.40. The van der Waals surface area contributed by atoms with Crippen LogP contribution in [0.3, 0.4) is 0 Å². The minimum absolute atomic E-state index is 0.108. The molecule has 1 aliphatic rings. The van der Waals surface area contributed by atoms with Crippen molar-refractivity contribution in [3.05, 3.63) is 0 Å². The molecule has 1 rings (SSSR count). The summed E-state index contributed by atoms with van der Waals surface area (Å²) in [4.78, 5) is 10.0. The molecule has 0 spiro atoms. The van der Waals surface area contributed by atoms with E-state index in [2.05, 4.69) is 5.32 Å². The summed E-state index contributed by atoms with van der Waals surface area (Å²) in [6, 6.07) is 0. The maximum atomic E-state index is 10.0. The molecule has 0 atom stereocenters. The van der Waals surface area contributed by atoms with Gasteiger partial charge < -0.3 is 10.4 Å². The summed E-state index contributed by atoms with van der Waals surface area (Å²) in [7, 11) is 0. The van der Waals surface area contributed by atoms with E-state index in [4.69, 9.17) is 5.11 Å². The van der Waals surface area contributed by atoms with Crippen molar-refractivity contribution in [2.45, 2.75) is 19.3 Å². The Balaban J connectivity index is 1.89. The molecule has 0 amide bonds. The van der Waals surface area contributed by atoms with Crippen LogP contribution in [-0.4, -0.2) is 24.2 Å². The van der Waals surface area contributed by atoms with E-state index in [9.17, 15) is 4.79 Å². The number of aliphatic carboxylic acids is 1. The Bertz CT molecular complexity index is 121. The van der Waals surface area contributed by atoms with E-state index < -0.39 is 5.97 Å². The van der Waals surface area contributed by atoms with Crippen molar-refractivity contribution in [3.8, 4) is 0 Å². The monoisotopic (exact) mass is 143 g/mol. The zero-order valence-corrected chi connectivity index (χ0v) is 5.97. The predicted molar refractivity (Wildman–Crippen MR) is 37.8 cm³/mol. The first kappa shape index (κ1) is 7.54. The standard InChI is InChI=1S/C7H13NO2/c9-7(10)5-8-4-6-2-1-3-6/h6,8H,1-5H2,(H,9,10). The van der Waals surface area contributed by atoms with Crippen molar-refractivity contribution >= 4 is 5.97 Å². The van der Waals surface area contributed by atoms with Crippen LogP contribution in [0.1, 0.15) is 19.3 Å². The van der Waals surface area contributed by atoms with Gasteiger partial charge >= 0.3 is 5.97 Å². The molecule has 0 saturated heterocycles. The van der Waals surface area contributed by atoms with Crippen molar-refractivity contribution in [1.82, 2.24) is 5.32 Å². The molecular weight excluding hydrogens is 130 g/mol. The lowest BCUT2D eigenvalue weighted by atomic mass is 9.85. The molecule has 0 aromatic carbocycles. The van der Waals surface area contributed by atoms with Gasteiger partial charge in [-0.1, -0.05) is 6.42 Å². The second-order valence-corrected chi connectivity index (χ2v) is 2.82. The number of carbonyl (C=O) groups is 1. The molecule has 0 radical (unpaired) electrons. The van der Waals surface area contributed by atoms with Crippen LogP contribution >= 0.6 is 0 Å². The van der Waals surface area contributed by atoms with Crippen LogP contribution in [0.5, 0.6) is 0 Å². The molecule has 1 aliphatic carbocycles. The molecule has 58 valence electrons. The van der Waals surface area contributed by atoms with Gasteiger partial charge in [-0.25, -0.2) is 0 Å². The number of hydrogen-bond acceptors (Lipinski definition) is 2. The van der Waals surface area contributed by atoms with Gasteiger partial charge in [0.2, 0.25) is 0 Å². The van der Waals surface area contributed by atoms with Gasteiger partial charge in [-0.15, -0.1) is 0 Å². The lowest BCUT2D eigenvalue weighted by molar-refractivity contribution is -0.136. The maximum absolute atomic E-state index is 10.0. The molecule has 0 aliphatic heterocycles. The summed E-state index contributed by atoms with van der Waals surface area (Å²) in [5.74, 6) is -0.0151. The van der Waals surface area contributed by atoms with Crippen LogP contribution in [0.4, 0.5) is 0 Å².